The Morgan fingerprint density at radius 2 is 1.80 bits per heavy atom. The lowest BCUT2D eigenvalue weighted by Crippen LogP contribution is -2.18. The highest BCUT2D eigenvalue weighted by Gasteiger charge is 2.32. The van der Waals surface area contributed by atoms with Crippen molar-refractivity contribution in [3.63, 3.8) is 0 Å². The molecule has 0 unspecified atom stereocenters. The summed E-state index contributed by atoms with van der Waals surface area (Å²) in [5, 5.41) is 0. The van der Waals surface area contributed by atoms with E-state index in [4.69, 9.17) is 0 Å². The number of hydrogen-bond donors (Lipinski definition) is 0. The maximum atomic E-state index is 11.4. The van der Waals surface area contributed by atoms with Crippen LogP contribution in [0.2, 0.25) is 0 Å². The van der Waals surface area contributed by atoms with Crippen LogP contribution >= 0.6 is 31.9 Å². The molecule has 0 rings (SSSR count). The van der Waals surface area contributed by atoms with Crippen LogP contribution in [0.15, 0.2) is 0 Å². The van der Waals surface area contributed by atoms with Crippen molar-refractivity contribution < 1.29 is 18.0 Å². The van der Waals surface area contributed by atoms with Crippen molar-refractivity contribution in [2.24, 2.45) is 0 Å². The van der Waals surface area contributed by atoms with Crippen molar-refractivity contribution in [1.82, 2.24) is 0 Å². The normalized spacial score (nSPS) is 12.2. The van der Waals surface area contributed by atoms with E-state index in [9.17, 15) is 18.0 Å². The Morgan fingerprint density at radius 1 is 1.40 bits per heavy atom. The van der Waals surface area contributed by atoms with Gasteiger partial charge in [-0.25, -0.2) is 0 Å². The second-order valence-electron chi connectivity index (χ2n) is 1.56. The van der Waals surface area contributed by atoms with E-state index >= 15 is 0 Å². The van der Waals surface area contributed by atoms with E-state index in [0.29, 0.717) is 0 Å². The molecule has 0 saturated heterocycles. The predicted octanol–water partition coefficient (Wildman–Crippen LogP) is 2.62. The van der Waals surface area contributed by atoms with Crippen molar-refractivity contribution in [2.45, 2.75) is 16.3 Å². The number of halogens is 5. The van der Waals surface area contributed by atoms with Crippen LogP contribution in [0.4, 0.5) is 13.2 Å². The summed E-state index contributed by atoms with van der Waals surface area (Å²) in [5.41, 5.74) is 0. The Morgan fingerprint density at radius 3 is 1.90 bits per heavy atom. The number of alkyl halides is 5. The summed E-state index contributed by atoms with van der Waals surface area (Å²) < 4.78 is 33.3. The van der Waals surface area contributed by atoms with Gasteiger partial charge in [-0.15, -0.1) is 0 Å². The van der Waals surface area contributed by atoms with Gasteiger partial charge in [0.1, 0.15) is 10.2 Å². The molecule has 0 aromatic carbocycles. The van der Waals surface area contributed by atoms with E-state index in [1.54, 1.807) is 0 Å². The summed E-state index contributed by atoms with van der Waals surface area (Å²) in [7, 11) is 0. The summed E-state index contributed by atoms with van der Waals surface area (Å²) in [6.45, 7) is 0. The van der Waals surface area contributed by atoms with Gasteiger partial charge >= 0.3 is 6.18 Å². The zero-order chi connectivity index (χ0) is 8.36. The molecule has 0 atom stereocenters. The maximum Gasteiger partial charge on any atom is 0.395 e. The van der Waals surface area contributed by atoms with Gasteiger partial charge in [0.2, 0.25) is 0 Å². The molecule has 0 amide bonds. The minimum atomic E-state index is -4.41. The van der Waals surface area contributed by atoms with Crippen LogP contribution in [-0.2, 0) is 4.79 Å². The number of hydrogen-bond acceptors (Lipinski definition) is 1. The van der Waals surface area contributed by atoms with Crippen LogP contribution in [0.1, 0.15) is 6.42 Å². The second kappa shape index (κ2) is 3.71. The number of carbonyl (C=O) groups excluding carboxylic acids is 1. The van der Waals surface area contributed by atoms with Gasteiger partial charge in [-0.05, 0) is 0 Å². The van der Waals surface area contributed by atoms with E-state index < -0.39 is 22.1 Å². The molecule has 0 radical (unpaired) electrons. The largest absolute Gasteiger partial charge is 0.395 e. The van der Waals surface area contributed by atoms with Gasteiger partial charge < -0.3 is 0 Å². The van der Waals surface area contributed by atoms with Crippen molar-refractivity contribution >= 4 is 37.6 Å². The maximum absolute atomic E-state index is 11.4. The fourth-order valence-corrected chi connectivity index (χ4v) is 0.598. The molecule has 0 aliphatic rings. The molecule has 0 aliphatic heterocycles. The van der Waals surface area contributed by atoms with Crippen molar-refractivity contribution in [2.75, 3.05) is 0 Å². The molecule has 0 aromatic rings. The second-order valence-corrected chi connectivity index (χ2v) is 4.62. The van der Waals surface area contributed by atoms with Gasteiger partial charge in [-0.1, -0.05) is 31.9 Å². The molecular weight excluding hydrogens is 281 g/mol. The fourth-order valence-electron chi connectivity index (χ4n) is 0.275. The van der Waals surface area contributed by atoms with Crippen LogP contribution in [0.5, 0.6) is 0 Å². The van der Waals surface area contributed by atoms with Gasteiger partial charge in [0.15, 0.2) is 5.78 Å². The number of ketones is 1. The summed E-state index contributed by atoms with van der Waals surface area (Å²) >= 11 is 5.32. The molecule has 0 saturated carbocycles. The zero-order valence-electron chi connectivity index (χ0n) is 4.58. The Bertz CT molecular complexity index is 131. The Hall–Kier alpha value is 0.420. The van der Waals surface area contributed by atoms with Crippen LogP contribution in [-0.4, -0.2) is 15.7 Å². The first-order valence-electron chi connectivity index (χ1n) is 2.20. The minimum absolute atomic E-state index is 0.901. The smallest absolute Gasteiger partial charge is 0.297 e. The molecule has 1 nitrogen and oxygen atoms in total. The molecule has 0 bridgehead atoms. The van der Waals surface area contributed by atoms with E-state index in [1.807, 2.05) is 0 Å². The molecule has 0 aliphatic carbocycles. The molecule has 10 heavy (non-hydrogen) atoms. The van der Waals surface area contributed by atoms with Gasteiger partial charge in [0, 0.05) is 0 Å². The summed E-state index contributed by atoms with van der Waals surface area (Å²) in [6.07, 6.45) is -5.80. The van der Waals surface area contributed by atoms with Crippen LogP contribution < -0.4 is 0 Å². The topological polar surface area (TPSA) is 17.1 Å². The third-order valence-electron chi connectivity index (χ3n) is 0.618. The Labute approximate surface area is 72.2 Å². The summed E-state index contributed by atoms with van der Waals surface area (Å²) in [5.74, 6) is -0.924. The van der Waals surface area contributed by atoms with Crippen molar-refractivity contribution in [3.05, 3.63) is 0 Å². The molecular formula is C4H3Br2F3O. The van der Waals surface area contributed by atoms with Crippen LogP contribution in [0, 0.1) is 0 Å². The van der Waals surface area contributed by atoms with Crippen molar-refractivity contribution in [3.8, 4) is 0 Å². The van der Waals surface area contributed by atoms with Gasteiger partial charge in [-0.2, -0.15) is 13.2 Å². The first-order chi connectivity index (χ1) is 4.33. The predicted molar refractivity (Wildman–Crippen MR) is 37.3 cm³/mol. The highest BCUT2D eigenvalue weighted by molar-refractivity contribution is 9.25. The van der Waals surface area contributed by atoms with E-state index in [2.05, 4.69) is 31.9 Å². The third-order valence-corrected chi connectivity index (χ3v) is 1.64. The molecule has 60 valence electrons. The molecule has 0 N–H and O–H groups in total. The van der Waals surface area contributed by atoms with E-state index in [-0.39, 0.29) is 0 Å². The number of carbonyl (C=O) groups is 1. The lowest BCUT2D eigenvalue weighted by atomic mass is 10.3. The number of rotatable bonds is 2. The van der Waals surface area contributed by atoms with E-state index in [0.717, 1.165) is 0 Å². The van der Waals surface area contributed by atoms with E-state index in [1.165, 1.54) is 0 Å². The fraction of sp³-hybridized carbons (Fsp3) is 0.750. The summed E-state index contributed by atoms with van der Waals surface area (Å²) in [4.78, 5) is 10.3. The first-order valence-corrected chi connectivity index (χ1v) is 4.03. The van der Waals surface area contributed by atoms with Crippen LogP contribution in [0.25, 0.3) is 0 Å². The Kier molecular flexibility index (Phi) is 3.86. The highest BCUT2D eigenvalue weighted by Crippen LogP contribution is 2.23. The lowest BCUT2D eigenvalue weighted by molar-refractivity contribution is -0.150. The first kappa shape index (κ1) is 10.4. The average molecular weight is 284 g/mol. The number of Topliss-reactive ketones (excluding diaryl/α,β-unsaturated/α-hetero) is 1. The van der Waals surface area contributed by atoms with Gasteiger partial charge in [0.05, 0.1) is 0 Å². The Balaban J connectivity index is 3.81. The molecule has 0 spiro atoms. The van der Waals surface area contributed by atoms with Gasteiger partial charge in [-0.3, -0.25) is 4.79 Å². The molecule has 6 heteroatoms. The standard InChI is InChI=1S/C4H3Br2F3O/c5-3(6)2(10)1-4(7,8)9/h3H,1H2. The molecule has 0 heterocycles. The average Bonchev–Trinajstić information content (AvgIpc) is 1.60. The summed E-state index contributed by atoms with van der Waals surface area (Å²) in [6, 6.07) is 0. The van der Waals surface area contributed by atoms with Crippen molar-refractivity contribution in [1.29, 1.82) is 0 Å². The van der Waals surface area contributed by atoms with Crippen LogP contribution in [0.3, 0.4) is 0 Å². The molecule has 0 aromatic heterocycles. The zero-order valence-corrected chi connectivity index (χ0v) is 7.75. The molecule has 0 fully saturated rings. The monoisotopic (exact) mass is 282 g/mol. The minimum Gasteiger partial charge on any atom is -0.297 e. The SMILES string of the molecule is O=C(CC(F)(F)F)C(Br)Br. The third kappa shape index (κ3) is 5.22. The lowest BCUT2D eigenvalue weighted by Gasteiger charge is -2.04. The highest BCUT2D eigenvalue weighted by atomic mass is 79.9. The van der Waals surface area contributed by atoms with Gasteiger partial charge in [0.25, 0.3) is 0 Å². The quantitative estimate of drug-likeness (QED) is 0.712.